The number of benzene rings is 2. The van der Waals surface area contributed by atoms with E-state index in [2.05, 4.69) is 11.4 Å². The second-order valence-corrected chi connectivity index (χ2v) is 5.39. The molecular formula is C19H20N2O2. The number of esters is 1. The van der Waals surface area contributed by atoms with E-state index in [1.165, 1.54) is 7.11 Å². The molecule has 0 aromatic heterocycles. The molecule has 0 saturated carbocycles. The molecule has 2 unspecified atom stereocenters. The van der Waals surface area contributed by atoms with E-state index in [1.54, 1.807) is 12.1 Å². The summed E-state index contributed by atoms with van der Waals surface area (Å²) in [5, 5.41) is 12.3. The third-order valence-corrected chi connectivity index (χ3v) is 3.84. The van der Waals surface area contributed by atoms with E-state index in [-0.39, 0.29) is 17.9 Å². The zero-order valence-electron chi connectivity index (χ0n) is 13.3. The van der Waals surface area contributed by atoms with E-state index < -0.39 is 0 Å². The number of hydrogen-bond acceptors (Lipinski definition) is 4. The van der Waals surface area contributed by atoms with Crippen molar-refractivity contribution in [3.63, 3.8) is 0 Å². The molecule has 2 rings (SSSR count). The fourth-order valence-electron chi connectivity index (χ4n) is 2.49. The molecule has 4 heteroatoms. The predicted molar refractivity (Wildman–Crippen MR) is 88.4 cm³/mol. The zero-order chi connectivity index (χ0) is 16.7. The van der Waals surface area contributed by atoms with Gasteiger partial charge in [0.1, 0.15) is 0 Å². The van der Waals surface area contributed by atoms with Crippen molar-refractivity contribution in [2.24, 2.45) is 5.92 Å². The van der Waals surface area contributed by atoms with Gasteiger partial charge in [-0.25, -0.2) is 0 Å². The van der Waals surface area contributed by atoms with Gasteiger partial charge < -0.3 is 10.1 Å². The summed E-state index contributed by atoms with van der Waals surface area (Å²) >= 11 is 0. The number of nitrogens with one attached hydrogen (secondary N) is 1. The molecule has 4 nitrogen and oxygen atoms in total. The van der Waals surface area contributed by atoms with Gasteiger partial charge in [-0.2, -0.15) is 5.26 Å². The van der Waals surface area contributed by atoms with Crippen LogP contribution in [0.15, 0.2) is 54.6 Å². The van der Waals surface area contributed by atoms with E-state index in [1.807, 2.05) is 49.4 Å². The molecule has 0 saturated heterocycles. The van der Waals surface area contributed by atoms with Crippen LogP contribution in [0.3, 0.4) is 0 Å². The van der Waals surface area contributed by atoms with Crippen molar-refractivity contribution < 1.29 is 9.53 Å². The molecule has 0 aliphatic rings. The van der Waals surface area contributed by atoms with Crippen LogP contribution in [0, 0.1) is 17.2 Å². The lowest BCUT2D eigenvalue weighted by Gasteiger charge is -2.24. The number of carbonyl (C=O) groups is 1. The summed E-state index contributed by atoms with van der Waals surface area (Å²) in [5.41, 5.74) is 2.73. The highest BCUT2D eigenvalue weighted by molar-refractivity contribution is 5.73. The first kappa shape index (κ1) is 16.7. The number of ether oxygens (including phenoxy) is 1. The van der Waals surface area contributed by atoms with Crippen molar-refractivity contribution in [3.05, 3.63) is 71.3 Å². The molecule has 0 amide bonds. The molecule has 2 aromatic rings. The molecule has 0 aliphatic carbocycles. The molecule has 0 radical (unpaired) electrons. The van der Waals surface area contributed by atoms with Crippen LogP contribution in [0.5, 0.6) is 0 Å². The van der Waals surface area contributed by atoms with Crippen LogP contribution in [0.25, 0.3) is 0 Å². The number of nitrogens with zero attached hydrogens (tertiary/aromatic N) is 1. The molecule has 23 heavy (non-hydrogen) atoms. The Labute approximate surface area is 136 Å². The predicted octanol–water partition coefficient (Wildman–Crippen LogP) is 3.20. The normalized spacial score (nSPS) is 12.9. The fourth-order valence-corrected chi connectivity index (χ4v) is 2.49. The highest BCUT2D eigenvalue weighted by Crippen LogP contribution is 2.23. The number of methoxy groups -OCH3 is 1. The Morgan fingerprint density at radius 2 is 1.83 bits per heavy atom. The van der Waals surface area contributed by atoms with Crippen LogP contribution < -0.4 is 5.32 Å². The smallest absolute Gasteiger partial charge is 0.310 e. The van der Waals surface area contributed by atoms with Gasteiger partial charge in [0.05, 0.1) is 24.7 Å². The Morgan fingerprint density at radius 3 is 2.39 bits per heavy atom. The first-order chi connectivity index (χ1) is 11.2. The van der Waals surface area contributed by atoms with E-state index in [0.29, 0.717) is 12.1 Å². The molecule has 0 fully saturated rings. The quantitative estimate of drug-likeness (QED) is 0.832. The van der Waals surface area contributed by atoms with Gasteiger partial charge in [0.15, 0.2) is 0 Å². The second kappa shape index (κ2) is 8.11. The number of rotatable bonds is 6. The highest BCUT2D eigenvalue weighted by Gasteiger charge is 2.25. The zero-order valence-corrected chi connectivity index (χ0v) is 13.3. The summed E-state index contributed by atoms with van der Waals surface area (Å²) in [6, 6.07) is 19.2. The number of carbonyl (C=O) groups excluding carboxylic acids is 1. The van der Waals surface area contributed by atoms with Gasteiger partial charge in [-0.1, -0.05) is 49.4 Å². The molecule has 2 aromatic carbocycles. The molecule has 0 heterocycles. The Hall–Kier alpha value is -2.64. The van der Waals surface area contributed by atoms with Crippen molar-refractivity contribution >= 4 is 5.97 Å². The molecule has 0 bridgehead atoms. The first-order valence-corrected chi connectivity index (χ1v) is 7.51. The minimum absolute atomic E-state index is 0.140. The van der Waals surface area contributed by atoms with Crippen LogP contribution >= 0.6 is 0 Å². The Balaban J connectivity index is 2.14. The van der Waals surface area contributed by atoms with Gasteiger partial charge >= 0.3 is 5.97 Å². The Morgan fingerprint density at radius 1 is 1.17 bits per heavy atom. The lowest BCUT2D eigenvalue weighted by Crippen LogP contribution is -2.31. The largest absolute Gasteiger partial charge is 0.469 e. The lowest BCUT2D eigenvalue weighted by atomic mass is 9.94. The van der Waals surface area contributed by atoms with Crippen molar-refractivity contribution in [2.45, 2.75) is 19.5 Å². The summed E-state index contributed by atoms with van der Waals surface area (Å²) < 4.78 is 4.88. The standard InChI is InChI=1S/C19H20N2O2/c1-14(19(22)23-2)18(17-6-4-3-5-7-17)21-13-16-10-8-15(12-20)9-11-16/h3-11,14,18,21H,13H2,1-2H3. The molecule has 0 spiro atoms. The monoisotopic (exact) mass is 308 g/mol. The summed E-state index contributed by atoms with van der Waals surface area (Å²) in [7, 11) is 1.40. The maximum atomic E-state index is 11.9. The maximum absolute atomic E-state index is 11.9. The van der Waals surface area contributed by atoms with Gasteiger partial charge in [0.2, 0.25) is 0 Å². The lowest BCUT2D eigenvalue weighted by molar-refractivity contribution is -0.145. The van der Waals surface area contributed by atoms with E-state index in [9.17, 15) is 4.79 Å². The topological polar surface area (TPSA) is 62.1 Å². The van der Waals surface area contributed by atoms with Crippen LogP contribution in [-0.4, -0.2) is 13.1 Å². The van der Waals surface area contributed by atoms with Crippen LogP contribution in [0.2, 0.25) is 0 Å². The summed E-state index contributed by atoms with van der Waals surface area (Å²) in [4.78, 5) is 11.9. The summed E-state index contributed by atoms with van der Waals surface area (Å²) in [5.74, 6) is -0.549. The van der Waals surface area contributed by atoms with Gasteiger partial charge in [-0.05, 0) is 23.3 Å². The molecular weight excluding hydrogens is 288 g/mol. The number of nitriles is 1. The van der Waals surface area contributed by atoms with E-state index in [4.69, 9.17) is 10.00 Å². The molecule has 118 valence electrons. The van der Waals surface area contributed by atoms with E-state index >= 15 is 0 Å². The minimum atomic E-state index is -0.305. The fraction of sp³-hybridized carbons (Fsp3) is 0.263. The summed E-state index contributed by atoms with van der Waals surface area (Å²) in [6.07, 6.45) is 0. The number of hydrogen-bond donors (Lipinski definition) is 1. The van der Waals surface area contributed by atoms with Gasteiger partial charge in [0.25, 0.3) is 0 Å². The highest BCUT2D eigenvalue weighted by atomic mass is 16.5. The van der Waals surface area contributed by atoms with Crippen molar-refractivity contribution in [1.29, 1.82) is 5.26 Å². The first-order valence-electron chi connectivity index (χ1n) is 7.51. The Kier molecular flexibility index (Phi) is 5.90. The van der Waals surface area contributed by atoms with Gasteiger partial charge in [0, 0.05) is 12.6 Å². The van der Waals surface area contributed by atoms with Gasteiger partial charge in [-0.3, -0.25) is 4.79 Å². The maximum Gasteiger partial charge on any atom is 0.310 e. The van der Waals surface area contributed by atoms with Crippen molar-refractivity contribution in [2.75, 3.05) is 7.11 Å². The van der Waals surface area contributed by atoms with Crippen molar-refractivity contribution in [3.8, 4) is 6.07 Å². The Bertz CT molecular complexity index is 675. The van der Waals surface area contributed by atoms with Crippen molar-refractivity contribution in [1.82, 2.24) is 5.32 Å². The molecule has 0 aliphatic heterocycles. The SMILES string of the molecule is COC(=O)C(C)C(NCc1ccc(C#N)cc1)c1ccccc1. The van der Waals surface area contributed by atoms with Crippen LogP contribution in [0.4, 0.5) is 0 Å². The third-order valence-electron chi connectivity index (χ3n) is 3.84. The van der Waals surface area contributed by atoms with Crippen LogP contribution in [0.1, 0.15) is 29.7 Å². The molecule has 2 atom stereocenters. The second-order valence-electron chi connectivity index (χ2n) is 5.39. The molecule has 1 N–H and O–H groups in total. The third kappa shape index (κ3) is 4.41. The average Bonchev–Trinajstić information content (AvgIpc) is 2.62. The average molecular weight is 308 g/mol. The van der Waals surface area contributed by atoms with Crippen LogP contribution in [-0.2, 0) is 16.1 Å². The van der Waals surface area contributed by atoms with E-state index in [0.717, 1.165) is 11.1 Å². The van der Waals surface area contributed by atoms with Gasteiger partial charge in [-0.15, -0.1) is 0 Å². The summed E-state index contributed by atoms with van der Waals surface area (Å²) in [6.45, 7) is 2.46. The minimum Gasteiger partial charge on any atom is -0.469 e.